The van der Waals surface area contributed by atoms with Gasteiger partial charge in [0.05, 0.1) is 4.90 Å². The summed E-state index contributed by atoms with van der Waals surface area (Å²) in [4.78, 5) is 0.313. The highest BCUT2D eigenvalue weighted by atomic mass is 35.5. The lowest BCUT2D eigenvalue weighted by Gasteiger charge is -2.21. The van der Waals surface area contributed by atoms with Crippen molar-refractivity contribution < 1.29 is 8.42 Å². The van der Waals surface area contributed by atoms with E-state index >= 15 is 0 Å². The molecule has 2 rings (SSSR count). The van der Waals surface area contributed by atoms with Crippen molar-refractivity contribution in [1.29, 1.82) is 0 Å². The fraction of sp³-hybridized carbons (Fsp3) is 0.333. The highest BCUT2D eigenvalue weighted by Gasteiger charge is 2.22. The molecule has 0 bridgehead atoms. The molecule has 4 nitrogen and oxygen atoms in total. The Balaban J connectivity index is 1.99. The molecule has 24 heavy (non-hydrogen) atoms. The summed E-state index contributed by atoms with van der Waals surface area (Å²) in [5.41, 5.74) is 2.06. The summed E-state index contributed by atoms with van der Waals surface area (Å²) in [7, 11) is -1.83. The van der Waals surface area contributed by atoms with Gasteiger partial charge in [-0.3, -0.25) is 0 Å². The van der Waals surface area contributed by atoms with Crippen LogP contribution in [0.4, 0.5) is 0 Å². The fourth-order valence-electron chi connectivity index (χ4n) is 2.21. The molecule has 0 aromatic heterocycles. The van der Waals surface area contributed by atoms with E-state index in [1.54, 1.807) is 19.2 Å². The maximum absolute atomic E-state index is 12.4. The Kier molecular flexibility index (Phi) is 6.40. The zero-order valence-electron chi connectivity index (χ0n) is 14.2. The van der Waals surface area contributed by atoms with Gasteiger partial charge in [0, 0.05) is 31.2 Å². The molecule has 0 saturated carbocycles. The van der Waals surface area contributed by atoms with Gasteiger partial charge in [0.1, 0.15) is 0 Å². The van der Waals surface area contributed by atoms with Gasteiger partial charge in [-0.1, -0.05) is 41.9 Å². The number of sulfonamides is 1. The summed E-state index contributed by atoms with van der Waals surface area (Å²) >= 11 is 6.12. The van der Waals surface area contributed by atoms with E-state index in [0.717, 1.165) is 16.1 Å². The summed E-state index contributed by atoms with van der Waals surface area (Å²) in [5, 5.41) is 4.05. The van der Waals surface area contributed by atoms with Gasteiger partial charge in [0.15, 0.2) is 0 Å². The fourth-order valence-corrected chi connectivity index (χ4v) is 3.78. The molecular formula is C18H23ClN2O2S. The number of hydrogen-bond donors (Lipinski definition) is 1. The monoisotopic (exact) mass is 366 g/mol. The molecule has 6 heteroatoms. The van der Waals surface area contributed by atoms with Gasteiger partial charge in [-0.2, -0.15) is 4.31 Å². The molecule has 0 aliphatic heterocycles. The average Bonchev–Trinajstić information content (AvgIpc) is 2.56. The Hall–Kier alpha value is -1.40. The topological polar surface area (TPSA) is 49.4 Å². The zero-order chi connectivity index (χ0) is 17.7. The van der Waals surface area contributed by atoms with Crippen LogP contribution in [-0.4, -0.2) is 25.8 Å². The maximum atomic E-state index is 12.4. The van der Waals surface area contributed by atoms with Gasteiger partial charge in [-0.15, -0.1) is 0 Å². The van der Waals surface area contributed by atoms with Crippen LogP contribution in [0.5, 0.6) is 0 Å². The first-order valence-corrected chi connectivity index (χ1v) is 9.65. The van der Waals surface area contributed by atoms with Crippen LogP contribution in [0.25, 0.3) is 0 Å². The van der Waals surface area contributed by atoms with Gasteiger partial charge >= 0.3 is 0 Å². The van der Waals surface area contributed by atoms with Crippen molar-refractivity contribution in [2.45, 2.75) is 37.9 Å². The minimum Gasteiger partial charge on any atom is -0.309 e. The molecule has 130 valence electrons. The summed E-state index contributed by atoms with van der Waals surface area (Å²) in [6.45, 7) is 5.01. The molecule has 0 fully saturated rings. The summed E-state index contributed by atoms with van der Waals surface area (Å²) in [5.74, 6) is 0. The van der Waals surface area contributed by atoms with E-state index < -0.39 is 10.0 Å². The maximum Gasteiger partial charge on any atom is 0.243 e. The van der Waals surface area contributed by atoms with Crippen molar-refractivity contribution in [3.63, 3.8) is 0 Å². The standard InChI is InChI=1S/C18H23ClN2O2S/c1-14(2)21(3)24(22,23)17-10-8-15(9-11-17)12-20-13-16-6-4-5-7-18(16)19/h4-11,14,20H,12-13H2,1-3H3. The van der Waals surface area contributed by atoms with E-state index in [-0.39, 0.29) is 6.04 Å². The van der Waals surface area contributed by atoms with E-state index in [0.29, 0.717) is 18.0 Å². The van der Waals surface area contributed by atoms with Crippen LogP contribution in [0.15, 0.2) is 53.4 Å². The smallest absolute Gasteiger partial charge is 0.243 e. The van der Waals surface area contributed by atoms with Gasteiger partial charge in [-0.05, 0) is 43.2 Å². The predicted octanol–water partition coefficient (Wildman–Crippen LogP) is 3.66. The number of nitrogens with one attached hydrogen (secondary N) is 1. The van der Waals surface area contributed by atoms with Gasteiger partial charge in [0.2, 0.25) is 10.0 Å². The second-order valence-corrected chi connectivity index (χ2v) is 8.36. The van der Waals surface area contributed by atoms with Crippen LogP contribution >= 0.6 is 11.6 Å². The number of hydrogen-bond acceptors (Lipinski definition) is 3. The zero-order valence-corrected chi connectivity index (χ0v) is 15.7. The lowest BCUT2D eigenvalue weighted by Crippen LogP contribution is -2.33. The Morgan fingerprint density at radius 3 is 2.25 bits per heavy atom. The molecule has 0 spiro atoms. The van der Waals surface area contributed by atoms with E-state index in [1.165, 1.54) is 4.31 Å². The second-order valence-electron chi connectivity index (χ2n) is 5.95. The van der Waals surface area contributed by atoms with Crippen molar-refractivity contribution in [3.8, 4) is 0 Å². The molecule has 2 aromatic rings. The van der Waals surface area contributed by atoms with Crippen molar-refractivity contribution in [1.82, 2.24) is 9.62 Å². The number of halogens is 1. The van der Waals surface area contributed by atoms with Crippen molar-refractivity contribution >= 4 is 21.6 Å². The van der Waals surface area contributed by atoms with Gasteiger partial charge in [0.25, 0.3) is 0 Å². The Morgan fingerprint density at radius 2 is 1.67 bits per heavy atom. The second kappa shape index (κ2) is 8.12. The first-order valence-electron chi connectivity index (χ1n) is 7.83. The number of nitrogens with zero attached hydrogens (tertiary/aromatic N) is 1. The SMILES string of the molecule is CC(C)N(C)S(=O)(=O)c1ccc(CNCc2ccccc2Cl)cc1. The van der Waals surface area contributed by atoms with E-state index in [1.807, 2.05) is 50.2 Å². The largest absolute Gasteiger partial charge is 0.309 e. The minimum absolute atomic E-state index is 0.0769. The van der Waals surface area contributed by atoms with E-state index in [9.17, 15) is 8.42 Å². The van der Waals surface area contributed by atoms with Crippen molar-refractivity contribution in [3.05, 3.63) is 64.7 Å². The molecule has 1 N–H and O–H groups in total. The molecule has 0 aliphatic rings. The van der Waals surface area contributed by atoms with Gasteiger partial charge in [-0.25, -0.2) is 8.42 Å². The Labute approximate surface area is 149 Å². The Morgan fingerprint density at radius 1 is 1.04 bits per heavy atom. The molecule has 0 amide bonds. The molecular weight excluding hydrogens is 344 g/mol. The first-order chi connectivity index (χ1) is 11.3. The third-order valence-corrected chi connectivity index (χ3v) is 6.35. The van der Waals surface area contributed by atoms with Crippen LogP contribution < -0.4 is 5.32 Å². The third-order valence-electron chi connectivity index (χ3n) is 3.93. The number of rotatable bonds is 7. The highest BCUT2D eigenvalue weighted by molar-refractivity contribution is 7.89. The molecule has 0 aliphatic carbocycles. The predicted molar refractivity (Wildman–Crippen MR) is 98.5 cm³/mol. The molecule has 0 radical (unpaired) electrons. The van der Waals surface area contributed by atoms with Crippen LogP contribution in [0.2, 0.25) is 5.02 Å². The summed E-state index contributed by atoms with van der Waals surface area (Å²) in [6, 6.07) is 14.6. The molecule has 0 unspecified atom stereocenters. The molecule has 0 atom stereocenters. The van der Waals surface area contributed by atoms with Crippen molar-refractivity contribution in [2.75, 3.05) is 7.05 Å². The third kappa shape index (κ3) is 4.57. The Bertz CT molecular complexity index is 774. The lowest BCUT2D eigenvalue weighted by molar-refractivity contribution is 0.410. The normalized spacial score (nSPS) is 12.1. The molecule has 0 heterocycles. The summed E-state index contributed by atoms with van der Waals surface area (Å²) in [6.07, 6.45) is 0. The first kappa shape index (κ1) is 18.9. The van der Waals surface area contributed by atoms with Crippen LogP contribution in [0.3, 0.4) is 0 Å². The quantitative estimate of drug-likeness (QED) is 0.813. The molecule has 0 saturated heterocycles. The van der Waals surface area contributed by atoms with Crippen LogP contribution in [0, 0.1) is 0 Å². The number of benzene rings is 2. The lowest BCUT2D eigenvalue weighted by atomic mass is 10.2. The van der Waals surface area contributed by atoms with Gasteiger partial charge < -0.3 is 5.32 Å². The van der Waals surface area contributed by atoms with E-state index in [2.05, 4.69) is 5.32 Å². The highest BCUT2D eigenvalue weighted by Crippen LogP contribution is 2.18. The van der Waals surface area contributed by atoms with Crippen molar-refractivity contribution in [2.24, 2.45) is 0 Å². The average molecular weight is 367 g/mol. The molecule has 2 aromatic carbocycles. The summed E-state index contributed by atoms with van der Waals surface area (Å²) < 4.78 is 26.2. The van der Waals surface area contributed by atoms with Crippen LogP contribution in [-0.2, 0) is 23.1 Å². The van der Waals surface area contributed by atoms with E-state index in [4.69, 9.17) is 11.6 Å². The van der Waals surface area contributed by atoms with Crippen LogP contribution in [0.1, 0.15) is 25.0 Å². The minimum atomic E-state index is -3.43.